The molecule has 4 heterocycles. The van der Waals surface area contributed by atoms with E-state index >= 15 is 0 Å². The van der Waals surface area contributed by atoms with Crippen molar-refractivity contribution in [1.82, 2.24) is 14.7 Å². The summed E-state index contributed by atoms with van der Waals surface area (Å²) in [5, 5.41) is 12.3. The van der Waals surface area contributed by atoms with Gasteiger partial charge in [0.05, 0.1) is 29.8 Å². The molecule has 2 bridgehead atoms. The van der Waals surface area contributed by atoms with E-state index in [0.717, 1.165) is 6.42 Å². The highest BCUT2D eigenvalue weighted by molar-refractivity contribution is 14.1. The maximum absolute atomic E-state index is 13.8. The molecule has 12 heteroatoms. The second kappa shape index (κ2) is 16.7. The summed E-state index contributed by atoms with van der Waals surface area (Å²) in [5.41, 5.74) is -1.27. The van der Waals surface area contributed by atoms with Crippen molar-refractivity contribution in [2.75, 3.05) is 41.8 Å². The van der Waals surface area contributed by atoms with Crippen molar-refractivity contribution in [3.8, 4) is 0 Å². The Balaban J connectivity index is 2.07. The number of halogens is 1. The Labute approximate surface area is 285 Å². The highest BCUT2D eigenvalue weighted by atomic mass is 127. The molecule has 0 spiro atoms. The molecule has 0 amide bonds. The van der Waals surface area contributed by atoms with E-state index < -0.39 is 42.2 Å². The number of ether oxygens (including phenoxy) is 5. The van der Waals surface area contributed by atoms with E-state index in [0.29, 0.717) is 43.7 Å². The van der Waals surface area contributed by atoms with Crippen LogP contribution in [0.2, 0.25) is 0 Å². The lowest BCUT2D eigenvalue weighted by molar-refractivity contribution is -0.266. The quantitative estimate of drug-likeness (QED) is 0.288. The standard InChI is InChI=1S/C33H60IN3O8/c1-13-24-28-25(14-2)42-32(38)22(6)27(45-34)21(5)29(43-26-16-23(35(8)9)15-20(4)40-26)33(7,39)17-19(3)18-37(12)31(41-24)30(44-28)36(10)11/h19-24,26-27,29-31,39H,13-18H2,1-12H3/b28-25+/t19-,20-,21+,22-,23+,24-,26+,27+,29-,30?,31?,33-/m1/s1. The van der Waals surface area contributed by atoms with E-state index in [2.05, 4.69) is 37.7 Å². The normalized spacial score (nSPS) is 43.0. The average molecular weight is 754 g/mol. The molecular formula is C33H60IN3O8. The van der Waals surface area contributed by atoms with Crippen molar-refractivity contribution in [3.63, 3.8) is 0 Å². The van der Waals surface area contributed by atoms with Crippen molar-refractivity contribution in [2.45, 2.75) is 135 Å². The molecule has 1 N–H and O–H groups in total. The Morgan fingerprint density at radius 1 is 1.07 bits per heavy atom. The van der Waals surface area contributed by atoms with Gasteiger partial charge in [0.15, 0.2) is 24.5 Å². The number of nitrogens with zero attached hydrogens (tertiary/aromatic N) is 3. The lowest BCUT2D eigenvalue weighted by Gasteiger charge is -2.47. The molecule has 2 saturated heterocycles. The van der Waals surface area contributed by atoms with Gasteiger partial charge in [-0.2, -0.15) is 0 Å². The van der Waals surface area contributed by atoms with Gasteiger partial charge in [-0.3, -0.25) is 14.6 Å². The number of fused-ring (bicyclic) bond motifs is 13. The van der Waals surface area contributed by atoms with Crippen LogP contribution >= 0.6 is 23.0 Å². The van der Waals surface area contributed by atoms with E-state index in [1.54, 1.807) is 0 Å². The van der Waals surface area contributed by atoms with Gasteiger partial charge < -0.3 is 36.8 Å². The molecule has 0 aromatic carbocycles. The molecule has 4 aliphatic heterocycles. The summed E-state index contributed by atoms with van der Waals surface area (Å²) in [6, 6.07) is 0.290. The molecule has 0 radical (unpaired) electrons. The van der Waals surface area contributed by atoms with Crippen LogP contribution in [0.1, 0.15) is 80.6 Å². The fourth-order valence-corrected chi connectivity index (χ4v) is 8.17. The number of likely N-dealkylation sites (N-methyl/N-ethyl adjacent to an activating group) is 2. The van der Waals surface area contributed by atoms with E-state index in [1.165, 1.54) is 0 Å². The third-order valence-corrected chi connectivity index (χ3v) is 10.2. The molecule has 45 heavy (non-hydrogen) atoms. The first-order valence-corrected chi connectivity index (χ1v) is 17.5. The minimum atomic E-state index is -1.27. The number of rotatable bonds is 7. The molecule has 0 aliphatic carbocycles. The highest BCUT2D eigenvalue weighted by Gasteiger charge is 2.48. The highest BCUT2D eigenvalue weighted by Crippen LogP contribution is 2.38. The minimum absolute atomic E-state index is 0.00966. The zero-order valence-electron chi connectivity index (χ0n) is 29.6. The molecule has 12 atom stereocenters. The second-order valence-electron chi connectivity index (χ2n) is 14.3. The van der Waals surface area contributed by atoms with Gasteiger partial charge >= 0.3 is 5.97 Å². The van der Waals surface area contributed by atoms with Gasteiger partial charge in [-0.15, -0.1) is 0 Å². The molecule has 4 aliphatic rings. The van der Waals surface area contributed by atoms with Crippen LogP contribution in [0.3, 0.4) is 0 Å². The number of allylic oxidation sites excluding steroid dienone is 1. The lowest BCUT2D eigenvalue weighted by Crippen LogP contribution is -2.58. The molecule has 4 rings (SSSR count). The average Bonchev–Trinajstić information content (AvgIpc) is 2.96. The van der Waals surface area contributed by atoms with E-state index in [-0.39, 0.29) is 36.3 Å². The Bertz CT molecular complexity index is 997. The molecular weight excluding hydrogens is 693 g/mol. The first-order chi connectivity index (χ1) is 21.0. The van der Waals surface area contributed by atoms with Gasteiger partial charge in [-0.05, 0) is 81.2 Å². The van der Waals surface area contributed by atoms with Crippen molar-refractivity contribution >= 4 is 29.0 Å². The second-order valence-corrected chi connectivity index (χ2v) is 14.8. The van der Waals surface area contributed by atoms with Crippen molar-refractivity contribution in [1.29, 1.82) is 0 Å². The summed E-state index contributed by atoms with van der Waals surface area (Å²) in [7, 11) is 10.1. The topological polar surface area (TPSA) is 102 Å². The smallest absolute Gasteiger partial charge is 0.316 e. The number of carbonyl (C=O) groups excluding carboxylic acids is 1. The Morgan fingerprint density at radius 3 is 2.29 bits per heavy atom. The van der Waals surface area contributed by atoms with E-state index in [4.69, 9.17) is 26.8 Å². The fraction of sp³-hybridized carbons (Fsp3) is 0.909. The van der Waals surface area contributed by atoms with Crippen LogP contribution < -0.4 is 0 Å². The lowest BCUT2D eigenvalue weighted by atomic mass is 9.78. The summed E-state index contributed by atoms with van der Waals surface area (Å²) in [5.74, 6) is -0.390. The number of aliphatic hydroxyl groups is 1. The molecule has 0 aromatic heterocycles. The summed E-state index contributed by atoms with van der Waals surface area (Å²) in [4.78, 5) is 20.1. The summed E-state index contributed by atoms with van der Waals surface area (Å²) in [6.45, 7) is 14.5. The van der Waals surface area contributed by atoms with Gasteiger partial charge in [0.1, 0.15) is 34.9 Å². The molecule has 2 unspecified atom stereocenters. The van der Waals surface area contributed by atoms with E-state index in [1.807, 2.05) is 83.7 Å². The molecule has 0 saturated carbocycles. The van der Waals surface area contributed by atoms with Crippen molar-refractivity contribution in [3.05, 3.63) is 11.5 Å². The molecule has 11 nitrogen and oxygen atoms in total. The number of hydrogen-bond donors (Lipinski definition) is 1. The van der Waals surface area contributed by atoms with Crippen LogP contribution in [-0.2, 0) is 31.5 Å². The maximum Gasteiger partial charge on any atom is 0.316 e. The summed E-state index contributed by atoms with van der Waals surface area (Å²) in [6.07, 6.45) is 0.186. The van der Waals surface area contributed by atoms with Crippen LogP contribution in [0.5, 0.6) is 0 Å². The van der Waals surface area contributed by atoms with Crippen LogP contribution in [0, 0.1) is 17.8 Å². The third-order valence-electron chi connectivity index (χ3n) is 9.64. The van der Waals surface area contributed by atoms with Crippen molar-refractivity contribution < 1.29 is 36.7 Å². The Morgan fingerprint density at radius 2 is 1.73 bits per heavy atom. The Hall–Kier alpha value is -0.580. The number of carbonyl (C=O) groups is 1. The molecule has 0 aromatic rings. The van der Waals surface area contributed by atoms with Gasteiger partial charge in [0, 0.05) is 31.3 Å². The SMILES string of the molecule is CC/C1=C2\OC(N(C)C)C(O[C@@H]2CC)N(C)C[C@H](C)C[C@@](C)(O)[C@H](O[C@H]2C[C@@H](N(C)C)C[C@@H](C)O2)[C@@H](C)[C@H](OI)[C@@H](C)C(=O)O1. The van der Waals surface area contributed by atoms with Crippen LogP contribution in [0.4, 0.5) is 0 Å². The van der Waals surface area contributed by atoms with Crippen LogP contribution in [-0.4, -0.2) is 122 Å². The molecule has 2 fully saturated rings. The number of esters is 1. The monoisotopic (exact) mass is 753 g/mol. The zero-order chi connectivity index (χ0) is 33.8. The Kier molecular flexibility index (Phi) is 14.4. The predicted molar refractivity (Wildman–Crippen MR) is 181 cm³/mol. The fourth-order valence-electron chi connectivity index (χ4n) is 7.26. The van der Waals surface area contributed by atoms with Gasteiger partial charge in [0.25, 0.3) is 0 Å². The van der Waals surface area contributed by atoms with Crippen molar-refractivity contribution in [2.24, 2.45) is 17.8 Å². The predicted octanol–water partition coefficient (Wildman–Crippen LogP) is 4.76. The first-order valence-electron chi connectivity index (χ1n) is 16.6. The van der Waals surface area contributed by atoms with Crippen LogP contribution in [0.25, 0.3) is 0 Å². The van der Waals surface area contributed by atoms with Gasteiger partial charge in [-0.25, -0.2) is 0 Å². The van der Waals surface area contributed by atoms with Gasteiger partial charge in [-0.1, -0.05) is 27.7 Å². The van der Waals surface area contributed by atoms with Gasteiger partial charge in [0.2, 0.25) is 0 Å². The largest absolute Gasteiger partial charge is 0.469 e. The third kappa shape index (κ3) is 9.53. The summed E-state index contributed by atoms with van der Waals surface area (Å²) >= 11 is 1.86. The maximum atomic E-state index is 13.8. The van der Waals surface area contributed by atoms with E-state index in [9.17, 15) is 9.90 Å². The summed E-state index contributed by atoms with van der Waals surface area (Å²) < 4.78 is 38.4. The zero-order valence-corrected chi connectivity index (χ0v) is 31.8. The molecule has 262 valence electrons. The minimum Gasteiger partial charge on any atom is -0.469 e. The number of hydrogen-bond acceptors (Lipinski definition) is 11. The van der Waals surface area contributed by atoms with Crippen LogP contribution in [0.15, 0.2) is 11.5 Å². The first kappa shape index (κ1) is 38.9.